The van der Waals surface area contributed by atoms with E-state index in [1.54, 1.807) is 0 Å². The number of carbonyl (C=O) groups is 2. The largest absolute Gasteiger partial charge is 0.462 e. The molecule has 3 heterocycles. The molecular formula is C32H58N2O6. The summed E-state index contributed by atoms with van der Waals surface area (Å²) in [6.07, 6.45) is 4.34. The summed E-state index contributed by atoms with van der Waals surface area (Å²) in [5, 5.41) is 7.82. The van der Waals surface area contributed by atoms with E-state index < -0.39 is 11.8 Å². The van der Waals surface area contributed by atoms with E-state index in [4.69, 9.17) is 9.47 Å². The fourth-order valence-corrected chi connectivity index (χ4v) is 9.11. The highest BCUT2D eigenvalue weighted by Gasteiger charge is 2.56. The van der Waals surface area contributed by atoms with Gasteiger partial charge in [0, 0.05) is 47.8 Å². The standard InChI is InChI=1S/C32H54N2O4.2H2O/c1-18(2)20(5)24-12-23(19(3)4)25-26(24)28(36)38-22-14-30(8,9)34-32(11,16-22)17-31(10)15-21(37-27(25)35)13-29(6,7)33-31;;/h19,21-26,33-34H,12-17H2,1-11H3;2*1H2. The van der Waals surface area contributed by atoms with Gasteiger partial charge in [-0.05, 0) is 92.9 Å². The van der Waals surface area contributed by atoms with Crippen molar-refractivity contribution in [3.63, 3.8) is 0 Å². The molecule has 3 aliphatic heterocycles. The van der Waals surface area contributed by atoms with Gasteiger partial charge in [0.25, 0.3) is 0 Å². The molecule has 0 aromatic rings. The molecule has 8 unspecified atom stereocenters. The number of ether oxygens (including phenoxy) is 2. The van der Waals surface area contributed by atoms with E-state index >= 15 is 0 Å². The van der Waals surface area contributed by atoms with E-state index in [-0.39, 0.29) is 75.0 Å². The van der Waals surface area contributed by atoms with Crippen LogP contribution in [0.2, 0.25) is 0 Å². The van der Waals surface area contributed by atoms with Crippen LogP contribution in [0.5, 0.6) is 0 Å². The lowest BCUT2D eigenvalue weighted by Crippen LogP contribution is -2.68. The predicted molar refractivity (Wildman–Crippen MR) is 159 cm³/mol. The Morgan fingerprint density at radius 3 is 1.57 bits per heavy atom. The quantitative estimate of drug-likeness (QED) is 0.378. The highest BCUT2D eigenvalue weighted by Crippen LogP contribution is 2.51. The van der Waals surface area contributed by atoms with Crippen LogP contribution >= 0.6 is 0 Å². The number of allylic oxidation sites excluding steroid dienone is 2. The number of fused-ring (bicyclic) bond motifs is 5. The highest BCUT2D eigenvalue weighted by atomic mass is 16.6. The fraction of sp³-hybridized carbons (Fsp3) is 0.875. The maximum atomic E-state index is 14.2. The lowest BCUT2D eigenvalue weighted by atomic mass is 9.69. The van der Waals surface area contributed by atoms with Crippen LogP contribution in [-0.4, -0.2) is 57.3 Å². The Morgan fingerprint density at radius 1 is 0.750 bits per heavy atom. The third kappa shape index (κ3) is 7.11. The number of esters is 2. The van der Waals surface area contributed by atoms with Crippen molar-refractivity contribution in [3.8, 4) is 0 Å². The Bertz CT molecular complexity index is 986. The molecule has 0 aromatic heterocycles. The normalized spacial score (nSPS) is 40.5. The van der Waals surface area contributed by atoms with Gasteiger partial charge in [-0.1, -0.05) is 25.0 Å². The summed E-state index contributed by atoms with van der Waals surface area (Å²) in [5.74, 6) is -1.05. The smallest absolute Gasteiger partial charge is 0.310 e. The molecule has 8 nitrogen and oxygen atoms in total. The van der Waals surface area contributed by atoms with Crippen LogP contribution in [0.25, 0.3) is 0 Å². The molecule has 8 heteroatoms. The van der Waals surface area contributed by atoms with Gasteiger partial charge in [0.1, 0.15) is 12.2 Å². The SMILES string of the molecule is CC(C)=C(C)C1CC(C(C)C)C2C(=O)OC3CC(C)(C)NC(C)(C3)CC3(C)CC(CC(C)(C)N3)OC(=O)C12.O.O. The van der Waals surface area contributed by atoms with Gasteiger partial charge >= 0.3 is 11.9 Å². The highest BCUT2D eigenvalue weighted by molar-refractivity contribution is 5.84. The maximum Gasteiger partial charge on any atom is 0.310 e. The Hall–Kier alpha value is -1.48. The molecule has 4 fully saturated rings. The van der Waals surface area contributed by atoms with Gasteiger partial charge in [0.05, 0.1) is 11.8 Å². The van der Waals surface area contributed by atoms with Crippen molar-refractivity contribution in [2.24, 2.45) is 29.6 Å². The van der Waals surface area contributed by atoms with Crippen molar-refractivity contribution < 1.29 is 30.0 Å². The molecule has 8 atom stereocenters. The molecular weight excluding hydrogens is 508 g/mol. The summed E-state index contributed by atoms with van der Waals surface area (Å²) in [4.78, 5) is 28.3. The number of carbonyl (C=O) groups excluding carboxylic acids is 2. The van der Waals surface area contributed by atoms with Gasteiger partial charge in [-0.2, -0.15) is 0 Å². The first-order chi connectivity index (χ1) is 17.3. The van der Waals surface area contributed by atoms with E-state index in [0.29, 0.717) is 0 Å². The second-order valence-corrected chi connectivity index (χ2v) is 15.7. The van der Waals surface area contributed by atoms with Crippen LogP contribution in [-0.2, 0) is 19.1 Å². The van der Waals surface area contributed by atoms with Crippen molar-refractivity contribution in [3.05, 3.63) is 11.1 Å². The molecule has 1 aliphatic carbocycles. The van der Waals surface area contributed by atoms with E-state index in [9.17, 15) is 9.59 Å². The lowest BCUT2D eigenvalue weighted by molar-refractivity contribution is -0.171. The van der Waals surface area contributed by atoms with Crippen molar-refractivity contribution in [2.75, 3.05) is 0 Å². The van der Waals surface area contributed by atoms with Crippen molar-refractivity contribution in [2.45, 2.75) is 149 Å². The average molecular weight is 567 g/mol. The maximum absolute atomic E-state index is 14.2. The van der Waals surface area contributed by atoms with Crippen LogP contribution in [0, 0.1) is 29.6 Å². The average Bonchev–Trinajstić information content (AvgIpc) is 3.09. The molecule has 4 rings (SSSR count). The predicted octanol–water partition coefficient (Wildman–Crippen LogP) is 4.29. The minimum atomic E-state index is -0.504. The minimum Gasteiger partial charge on any atom is -0.462 e. The van der Waals surface area contributed by atoms with Crippen molar-refractivity contribution in [1.29, 1.82) is 0 Å². The second kappa shape index (κ2) is 11.7. The van der Waals surface area contributed by atoms with E-state index in [2.05, 4.69) is 86.8 Å². The van der Waals surface area contributed by atoms with Gasteiger partial charge in [0.15, 0.2) is 0 Å². The molecule has 0 radical (unpaired) electrons. The third-order valence-corrected chi connectivity index (χ3v) is 10.0. The Morgan fingerprint density at radius 2 is 1.18 bits per heavy atom. The molecule has 6 N–H and O–H groups in total. The first-order valence-electron chi connectivity index (χ1n) is 15.0. The first kappa shape index (κ1) is 34.7. The number of hydrogen-bond acceptors (Lipinski definition) is 6. The zero-order chi connectivity index (χ0) is 28.4. The van der Waals surface area contributed by atoms with Crippen molar-refractivity contribution in [1.82, 2.24) is 10.6 Å². The molecule has 0 amide bonds. The Labute approximate surface area is 242 Å². The van der Waals surface area contributed by atoms with E-state index in [1.807, 2.05) is 0 Å². The number of nitrogens with one attached hydrogen (secondary N) is 2. The fourth-order valence-electron chi connectivity index (χ4n) is 9.11. The van der Waals surface area contributed by atoms with Crippen LogP contribution < -0.4 is 10.6 Å². The molecule has 232 valence electrons. The molecule has 1 saturated carbocycles. The Kier molecular flexibility index (Phi) is 10.1. The van der Waals surface area contributed by atoms with E-state index in [0.717, 1.165) is 38.5 Å². The zero-order valence-electron chi connectivity index (χ0n) is 26.9. The third-order valence-electron chi connectivity index (χ3n) is 10.0. The van der Waals surface area contributed by atoms with Crippen LogP contribution in [0.3, 0.4) is 0 Å². The van der Waals surface area contributed by atoms with Gasteiger partial charge in [-0.15, -0.1) is 0 Å². The molecule has 0 spiro atoms. The van der Waals surface area contributed by atoms with Crippen molar-refractivity contribution >= 4 is 11.9 Å². The summed E-state index contributed by atoms with van der Waals surface area (Å²) in [6.45, 7) is 24.1. The lowest BCUT2D eigenvalue weighted by Gasteiger charge is -2.54. The molecule has 0 aromatic carbocycles. The number of piperidine rings is 2. The zero-order valence-corrected chi connectivity index (χ0v) is 26.9. The van der Waals surface area contributed by atoms with Crippen LogP contribution in [0.15, 0.2) is 11.1 Å². The van der Waals surface area contributed by atoms with Crippen LogP contribution in [0.4, 0.5) is 0 Å². The number of hydrogen-bond donors (Lipinski definition) is 2. The summed E-state index contributed by atoms with van der Waals surface area (Å²) in [6, 6.07) is 0. The van der Waals surface area contributed by atoms with Crippen LogP contribution in [0.1, 0.15) is 115 Å². The summed E-state index contributed by atoms with van der Waals surface area (Å²) < 4.78 is 12.9. The molecule has 4 aliphatic rings. The van der Waals surface area contributed by atoms with Gasteiger partial charge < -0.3 is 31.1 Å². The van der Waals surface area contributed by atoms with Gasteiger partial charge in [-0.25, -0.2) is 0 Å². The summed E-state index contributed by atoms with van der Waals surface area (Å²) >= 11 is 0. The molecule has 4 bridgehead atoms. The van der Waals surface area contributed by atoms with E-state index in [1.165, 1.54) is 11.1 Å². The Balaban J connectivity index is 0.00000280. The van der Waals surface area contributed by atoms with Gasteiger partial charge in [0.2, 0.25) is 0 Å². The second-order valence-electron chi connectivity index (χ2n) is 15.7. The topological polar surface area (TPSA) is 140 Å². The summed E-state index contributed by atoms with van der Waals surface area (Å²) in [5.41, 5.74) is 1.64. The monoisotopic (exact) mass is 566 g/mol. The number of rotatable bonds is 2. The first-order valence-corrected chi connectivity index (χ1v) is 15.0. The molecule has 40 heavy (non-hydrogen) atoms. The summed E-state index contributed by atoms with van der Waals surface area (Å²) in [7, 11) is 0. The molecule has 3 saturated heterocycles. The minimum absolute atomic E-state index is 0. The van der Waals surface area contributed by atoms with Gasteiger partial charge in [-0.3, -0.25) is 9.59 Å².